The predicted octanol–water partition coefficient (Wildman–Crippen LogP) is 4.21. The minimum atomic E-state index is -0.346. The number of rotatable bonds is 5. The number of nitrogens with zero attached hydrogens (tertiary/aromatic N) is 1. The molecule has 0 unspecified atom stereocenters. The smallest absolute Gasteiger partial charge is 0.273 e. The molecule has 0 amide bonds. The minimum Gasteiger partial charge on any atom is -0.306 e. The molecule has 0 aliphatic rings. The number of para-hydroxylation sites is 1. The molecule has 4 nitrogen and oxygen atoms in total. The molecule has 1 atom stereocenters. The molecule has 5 heteroatoms. The van der Waals surface area contributed by atoms with Gasteiger partial charge in [0.15, 0.2) is 0 Å². The van der Waals surface area contributed by atoms with E-state index in [9.17, 15) is 10.1 Å². The topological polar surface area (TPSA) is 55.2 Å². The maximum absolute atomic E-state index is 10.9. The summed E-state index contributed by atoms with van der Waals surface area (Å²) in [6.07, 6.45) is 0. The van der Waals surface area contributed by atoms with E-state index in [1.807, 2.05) is 37.3 Å². The van der Waals surface area contributed by atoms with Gasteiger partial charge >= 0.3 is 0 Å². The SMILES string of the molecule is C[C@H](NCc1ccccc1[N+](=O)[O-])c1ccc(Br)cc1. The highest BCUT2D eigenvalue weighted by Gasteiger charge is 2.13. The first-order valence-electron chi connectivity index (χ1n) is 6.29. The summed E-state index contributed by atoms with van der Waals surface area (Å²) in [7, 11) is 0. The molecule has 0 fully saturated rings. The van der Waals surface area contributed by atoms with Crippen LogP contribution in [0.4, 0.5) is 5.69 Å². The van der Waals surface area contributed by atoms with E-state index in [2.05, 4.69) is 21.2 Å². The molecule has 104 valence electrons. The molecule has 0 radical (unpaired) electrons. The molecule has 2 aromatic carbocycles. The lowest BCUT2D eigenvalue weighted by molar-refractivity contribution is -0.385. The van der Waals surface area contributed by atoms with E-state index in [0.29, 0.717) is 12.1 Å². The van der Waals surface area contributed by atoms with E-state index in [1.165, 1.54) is 6.07 Å². The number of nitrogens with one attached hydrogen (secondary N) is 1. The molecule has 2 aromatic rings. The van der Waals surface area contributed by atoms with Gasteiger partial charge in [0.2, 0.25) is 0 Å². The standard InChI is InChI=1S/C15H15BrN2O2/c1-11(12-6-8-14(16)9-7-12)17-10-13-4-2-3-5-15(13)18(19)20/h2-9,11,17H,10H2,1H3/t11-/m0/s1. The second-order valence-corrected chi connectivity index (χ2v) is 5.46. The van der Waals surface area contributed by atoms with Crippen LogP contribution in [0.15, 0.2) is 53.0 Å². The van der Waals surface area contributed by atoms with Gasteiger partial charge in [0, 0.05) is 28.7 Å². The Bertz CT molecular complexity index is 599. The molecule has 0 saturated heterocycles. The van der Waals surface area contributed by atoms with Crippen molar-refractivity contribution in [3.05, 3.63) is 74.2 Å². The van der Waals surface area contributed by atoms with Crippen LogP contribution in [0.1, 0.15) is 24.1 Å². The average molecular weight is 335 g/mol. The molecule has 0 aliphatic heterocycles. The van der Waals surface area contributed by atoms with Crippen LogP contribution in [0.25, 0.3) is 0 Å². The molecule has 0 spiro atoms. The van der Waals surface area contributed by atoms with Gasteiger partial charge in [-0.3, -0.25) is 10.1 Å². The number of benzene rings is 2. The molecule has 0 aromatic heterocycles. The van der Waals surface area contributed by atoms with Crippen molar-refractivity contribution in [2.24, 2.45) is 0 Å². The summed E-state index contributed by atoms with van der Waals surface area (Å²) in [5.74, 6) is 0. The Morgan fingerprint density at radius 2 is 1.85 bits per heavy atom. The normalized spacial score (nSPS) is 12.1. The lowest BCUT2D eigenvalue weighted by Crippen LogP contribution is -2.18. The highest BCUT2D eigenvalue weighted by molar-refractivity contribution is 9.10. The van der Waals surface area contributed by atoms with Gasteiger partial charge in [0.05, 0.1) is 4.92 Å². The van der Waals surface area contributed by atoms with Crippen molar-refractivity contribution >= 4 is 21.6 Å². The van der Waals surface area contributed by atoms with Crippen LogP contribution in [0.3, 0.4) is 0 Å². The molecular weight excluding hydrogens is 320 g/mol. The Kier molecular flexibility index (Phi) is 4.87. The van der Waals surface area contributed by atoms with Crippen molar-refractivity contribution in [3.8, 4) is 0 Å². The van der Waals surface area contributed by atoms with Crippen LogP contribution in [0, 0.1) is 10.1 Å². The van der Waals surface area contributed by atoms with Crippen LogP contribution >= 0.6 is 15.9 Å². The van der Waals surface area contributed by atoms with Gasteiger partial charge in [0.1, 0.15) is 0 Å². The molecule has 1 N–H and O–H groups in total. The Morgan fingerprint density at radius 3 is 2.50 bits per heavy atom. The maximum Gasteiger partial charge on any atom is 0.273 e. The lowest BCUT2D eigenvalue weighted by atomic mass is 10.1. The summed E-state index contributed by atoms with van der Waals surface area (Å²) < 4.78 is 1.03. The second-order valence-electron chi connectivity index (χ2n) is 4.54. The zero-order valence-corrected chi connectivity index (χ0v) is 12.6. The third kappa shape index (κ3) is 3.65. The van der Waals surface area contributed by atoms with E-state index >= 15 is 0 Å². The summed E-state index contributed by atoms with van der Waals surface area (Å²) >= 11 is 3.40. The van der Waals surface area contributed by atoms with Crippen LogP contribution < -0.4 is 5.32 Å². The quantitative estimate of drug-likeness (QED) is 0.658. The summed E-state index contributed by atoms with van der Waals surface area (Å²) in [5.41, 5.74) is 2.00. The Hall–Kier alpha value is -1.72. The van der Waals surface area contributed by atoms with E-state index in [1.54, 1.807) is 12.1 Å². The largest absolute Gasteiger partial charge is 0.306 e. The van der Waals surface area contributed by atoms with E-state index < -0.39 is 0 Å². The molecule has 0 saturated carbocycles. The monoisotopic (exact) mass is 334 g/mol. The van der Waals surface area contributed by atoms with Crippen LogP contribution in [-0.2, 0) is 6.54 Å². The molecular formula is C15H15BrN2O2. The Morgan fingerprint density at radius 1 is 1.20 bits per heavy atom. The van der Waals surface area contributed by atoms with Gasteiger partial charge in [-0.2, -0.15) is 0 Å². The molecule has 20 heavy (non-hydrogen) atoms. The van der Waals surface area contributed by atoms with Crippen molar-refractivity contribution in [3.63, 3.8) is 0 Å². The lowest BCUT2D eigenvalue weighted by Gasteiger charge is -2.14. The molecule has 2 rings (SSSR count). The van der Waals surface area contributed by atoms with Gasteiger partial charge in [-0.15, -0.1) is 0 Å². The van der Waals surface area contributed by atoms with Crippen LogP contribution in [0.5, 0.6) is 0 Å². The fraction of sp³-hybridized carbons (Fsp3) is 0.200. The third-order valence-corrected chi connectivity index (χ3v) is 3.69. The first-order valence-corrected chi connectivity index (χ1v) is 7.08. The van der Waals surface area contributed by atoms with Crippen molar-refractivity contribution in [1.29, 1.82) is 0 Å². The Labute approximate surface area is 126 Å². The van der Waals surface area contributed by atoms with Crippen molar-refractivity contribution < 1.29 is 4.92 Å². The van der Waals surface area contributed by atoms with Gasteiger partial charge in [-0.05, 0) is 24.6 Å². The Balaban J connectivity index is 2.05. The highest BCUT2D eigenvalue weighted by Crippen LogP contribution is 2.20. The highest BCUT2D eigenvalue weighted by atomic mass is 79.9. The van der Waals surface area contributed by atoms with E-state index in [-0.39, 0.29) is 16.7 Å². The molecule has 0 bridgehead atoms. The number of nitro benzene ring substituents is 1. The average Bonchev–Trinajstić information content (AvgIpc) is 2.45. The van der Waals surface area contributed by atoms with Gasteiger partial charge in [-0.1, -0.05) is 46.3 Å². The maximum atomic E-state index is 10.9. The summed E-state index contributed by atoms with van der Waals surface area (Å²) in [6, 6.07) is 15.0. The number of hydrogen-bond acceptors (Lipinski definition) is 3. The first-order chi connectivity index (χ1) is 9.58. The van der Waals surface area contributed by atoms with Crippen molar-refractivity contribution in [2.45, 2.75) is 19.5 Å². The summed E-state index contributed by atoms with van der Waals surface area (Å²) in [4.78, 5) is 10.6. The predicted molar refractivity (Wildman–Crippen MR) is 82.5 cm³/mol. The van der Waals surface area contributed by atoms with Gasteiger partial charge in [0.25, 0.3) is 5.69 Å². The first kappa shape index (κ1) is 14.7. The zero-order chi connectivity index (χ0) is 14.5. The van der Waals surface area contributed by atoms with Gasteiger partial charge in [-0.25, -0.2) is 0 Å². The number of halogens is 1. The van der Waals surface area contributed by atoms with Crippen LogP contribution in [-0.4, -0.2) is 4.92 Å². The van der Waals surface area contributed by atoms with Crippen LogP contribution in [0.2, 0.25) is 0 Å². The van der Waals surface area contributed by atoms with E-state index in [0.717, 1.165) is 10.0 Å². The minimum absolute atomic E-state index is 0.128. The van der Waals surface area contributed by atoms with Crippen molar-refractivity contribution in [2.75, 3.05) is 0 Å². The summed E-state index contributed by atoms with van der Waals surface area (Å²) in [5, 5.41) is 14.3. The van der Waals surface area contributed by atoms with Crippen molar-refractivity contribution in [1.82, 2.24) is 5.32 Å². The number of hydrogen-bond donors (Lipinski definition) is 1. The van der Waals surface area contributed by atoms with Gasteiger partial charge < -0.3 is 5.32 Å². The second kappa shape index (κ2) is 6.63. The fourth-order valence-electron chi connectivity index (χ4n) is 1.97. The molecule has 0 heterocycles. The van der Waals surface area contributed by atoms with E-state index in [4.69, 9.17) is 0 Å². The fourth-order valence-corrected chi connectivity index (χ4v) is 2.24. The molecule has 0 aliphatic carbocycles. The number of nitro groups is 1. The third-order valence-electron chi connectivity index (χ3n) is 3.16. The summed E-state index contributed by atoms with van der Waals surface area (Å²) in [6.45, 7) is 2.51. The zero-order valence-electron chi connectivity index (χ0n) is 11.0.